The van der Waals surface area contributed by atoms with Gasteiger partial charge in [0.2, 0.25) is 0 Å². The van der Waals surface area contributed by atoms with Crippen LogP contribution in [0.25, 0.3) is 0 Å². The normalized spacial score (nSPS) is 10.8. The Hall–Kier alpha value is -1.15. The van der Waals surface area contributed by atoms with E-state index in [1.165, 1.54) is 5.56 Å². The molecule has 0 aliphatic rings. The lowest BCUT2D eigenvalue weighted by Gasteiger charge is -2.13. The van der Waals surface area contributed by atoms with Crippen LogP contribution in [0.3, 0.4) is 0 Å². The predicted octanol–water partition coefficient (Wildman–Crippen LogP) is 2.90. The molecule has 88 valence electrons. The third-order valence-electron chi connectivity index (χ3n) is 2.82. The van der Waals surface area contributed by atoms with Crippen LogP contribution < -0.4 is 5.73 Å². The van der Waals surface area contributed by atoms with E-state index >= 15 is 0 Å². The average molecular weight is 219 g/mol. The molecule has 2 N–H and O–H groups in total. The molecule has 0 heterocycles. The van der Waals surface area contributed by atoms with Crippen molar-refractivity contribution in [3.8, 4) is 0 Å². The molecule has 0 bridgehead atoms. The van der Waals surface area contributed by atoms with Crippen LogP contribution >= 0.6 is 0 Å². The van der Waals surface area contributed by atoms with Crippen molar-refractivity contribution in [1.29, 1.82) is 0 Å². The zero-order valence-corrected chi connectivity index (χ0v) is 10.4. The number of carbonyl (C=O) groups excluding carboxylic acids is 1. The Morgan fingerprint density at radius 2 is 2.06 bits per heavy atom. The van der Waals surface area contributed by atoms with Crippen molar-refractivity contribution in [1.82, 2.24) is 0 Å². The van der Waals surface area contributed by atoms with Crippen molar-refractivity contribution >= 4 is 5.78 Å². The molecule has 0 aliphatic heterocycles. The third kappa shape index (κ3) is 2.92. The fourth-order valence-electron chi connectivity index (χ4n) is 1.83. The molecule has 0 spiro atoms. The van der Waals surface area contributed by atoms with Gasteiger partial charge in [-0.05, 0) is 36.1 Å². The average Bonchev–Trinajstić information content (AvgIpc) is 2.28. The van der Waals surface area contributed by atoms with Crippen LogP contribution in [0.1, 0.15) is 54.6 Å². The largest absolute Gasteiger partial charge is 0.330 e. The van der Waals surface area contributed by atoms with Gasteiger partial charge in [-0.3, -0.25) is 4.79 Å². The molecule has 0 aromatic heterocycles. The van der Waals surface area contributed by atoms with Gasteiger partial charge in [-0.1, -0.05) is 32.9 Å². The molecule has 0 unspecified atom stereocenters. The minimum absolute atomic E-state index is 0.168. The molecule has 1 aromatic carbocycles. The molecular formula is C14H21NO. The molecule has 0 amide bonds. The Bertz CT molecular complexity index is 369. The van der Waals surface area contributed by atoms with Gasteiger partial charge in [0.25, 0.3) is 0 Å². The summed E-state index contributed by atoms with van der Waals surface area (Å²) in [6.45, 7) is 6.74. The van der Waals surface area contributed by atoms with E-state index in [9.17, 15) is 4.79 Å². The number of hydrogen-bond donors (Lipinski definition) is 1. The van der Waals surface area contributed by atoms with Gasteiger partial charge < -0.3 is 5.73 Å². The van der Waals surface area contributed by atoms with Crippen LogP contribution in [-0.2, 0) is 6.42 Å². The lowest BCUT2D eigenvalue weighted by Crippen LogP contribution is -2.11. The highest BCUT2D eigenvalue weighted by atomic mass is 16.1. The van der Waals surface area contributed by atoms with Gasteiger partial charge in [-0.2, -0.15) is 0 Å². The molecule has 0 radical (unpaired) electrons. The number of Topliss-reactive ketones (excluding diaryl/α,β-unsaturated/α-hetero) is 1. The zero-order chi connectivity index (χ0) is 12.1. The van der Waals surface area contributed by atoms with E-state index < -0.39 is 0 Å². The number of benzene rings is 1. The Kier molecular flexibility index (Phi) is 4.69. The van der Waals surface area contributed by atoms with Crippen molar-refractivity contribution in [2.24, 2.45) is 5.73 Å². The zero-order valence-electron chi connectivity index (χ0n) is 10.4. The highest BCUT2D eigenvalue weighted by Gasteiger charge is 2.13. The van der Waals surface area contributed by atoms with Crippen LogP contribution in [0.4, 0.5) is 0 Å². The molecule has 16 heavy (non-hydrogen) atoms. The van der Waals surface area contributed by atoms with Gasteiger partial charge in [0.15, 0.2) is 5.78 Å². The Labute approximate surface area is 97.9 Å². The van der Waals surface area contributed by atoms with E-state index in [-0.39, 0.29) is 5.78 Å². The summed E-state index contributed by atoms with van der Waals surface area (Å²) in [5.74, 6) is 0.545. The fourth-order valence-corrected chi connectivity index (χ4v) is 1.83. The van der Waals surface area contributed by atoms with E-state index in [0.717, 1.165) is 17.5 Å². The Balaban J connectivity index is 3.14. The van der Waals surface area contributed by atoms with Crippen molar-refractivity contribution in [2.75, 3.05) is 6.54 Å². The van der Waals surface area contributed by atoms with E-state index in [1.807, 2.05) is 6.07 Å². The van der Waals surface area contributed by atoms with Gasteiger partial charge in [-0.15, -0.1) is 0 Å². The summed E-state index contributed by atoms with van der Waals surface area (Å²) in [4.78, 5) is 12.0. The fraction of sp³-hybridized carbons (Fsp3) is 0.500. The molecule has 2 heteroatoms. The van der Waals surface area contributed by atoms with Crippen molar-refractivity contribution in [3.63, 3.8) is 0 Å². The highest BCUT2D eigenvalue weighted by Crippen LogP contribution is 2.22. The Morgan fingerprint density at radius 1 is 1.38 bits per heavy atom. The van der Waals surface area contributed by atoms with E-state index in [4.69, 9.17) is 5.73 Å². The van der Waals surface area contributed by atoms with Crippen LogP contribution in [0.15, 0.2) is 18.2 Å². The number of hydrogen-bond acceptors (Lipinski definition) is 2. The minimum atomic E-state index is 0.168. The number of nitrogens with two attached hydrogens (primary N) is 1. The first kappa shape index (κ1) is 12.9. The monoisotopic (exact) mass is 219 g/mol. The molecule has 0 saturated carbocycles. The number of rotatable bonds is 5. The summed E-state index contributed by atoms with van der Waals surface area (Å²) in [5, 5.41) is 0. The van der Waals surface area contributed by atoms with Crippen LogP contribution in [0, 0.1) is 0 Å². The van der Waals surface area contributed by atoms with Crippen molar-refractivity contribution in [3.05, 3.63) is 34.9 Å². The van der Waals surface area contributed by atoms with Crippen molar-refractivity contribution in [2.45, 2.75) is 39.5 Å². The Morgan fingerprint density at radius 3 is 2.56 bits per heavy atom. The smallest absolute Gasteiger partial charge is 0.164 e. The summed E-state index contributed by atoms with van der Waals surface area (Å²) in [5.41, 5.74) is 8.65. The van der Waals surface area contributed by atoms with E-state index in [2.05, 4.69) is 32.9 Å². The summed E-state index contributed by atoms with van der Waals surface area (Å²) >= 11 is 0. The summed E-state index contributed by atoms with van der Waals surface area (Å²) in [6, 6.07) is 6.20. The molecule has 0 aliphatic carbocycles. The first-order valence-electron chi connectivity index (χ1n) is 5.96. The van der Waals surface area contributed by atoms with Gasteiger partial charge in [0, 0.05) is 12.0 Å². The molecule has 0 fully saturated rings. The van der Waals surface area contributed by atoms with E-state index in [0.29, 0.717) is 18.9 Å². The summed E-state index contributed by atoms with van der Waals surface area (Å²) in [6.07, 6.45) is 1.40. The van der Waals surface area contributed by atoms with Crippen molar-refractivity contribution < 1.29 is 4.79 Å². The van der Waals surface area contributed by atoms with Gasteiger partial charge >= 0.3 is 0 Å². The molecule has 2 nitrogen and oxygen atoms in total. The molecule has 0 saturated heterocycles. The molecule has 1 rings (SSSR count). The molecule has 0 atom stereocenters. The molecule has 1 aromatic rings. The highest BCUT2D eigenvalue weighted by molar-refractivity contribution is 5.98. The van der Waals surface area contributed by atoms with Crippen LogP contribution in [0.5, 0.6) is 0 Å². The second kappa shape index (κ2) is 5.80. The second-order valence-electron chi connectivity index (χ2n) is 4.39. The molecular weight excluding hydrogens is 198 g/mol. The van der Waals surface area contributed by atoms with Crippen LogP contribution in [-0.4, -0.2) is 12.3 Å². The lowest BCUT2D eigenvalue weighted by atomic mass is 9.91. The first-order valence-corrected chi connectivity index (χ1v) is 5.96. The maximum absolute atomic E-state index is 12.0. The van der Waals surface area contributed by atoms with E-state index in [1.54, 1.807) is 0 Å². The number of carbonyl (C=O) groups is 1. The second-order valence-corrected chi connectivity index (χ2v) is 4.39. The maximum Gasteiger partial charge on any atom is 0.164 e. The minimum Gasteiger partial charge on any atom is -0.330 e. The lowest BCUT2D eigenvalue weighted by molar-refractivity contribution is 0.0984. The van der Waals surface area contributed by atoms with Gasteiger partial charge in [-0.25, -0.2) is 0 Å². The SMILES string of the molecule is CCc1ccc(C(C)C)c(C(=O)CCN)c1. The topological polar surface area (TPSA) is 43.1 Å². The summed E-state index contributed by atoms with van der Waals surface area (Å²) < 4.78 is 0. The third-order valence-corrected chi connectivity index (χ3v) is 2.82. The number of ketones is 1. The van der Waals surface area contributed by atoms with Gasteiger partial charge in [0.05, 0.1) is 0 Å². The van der Waals surface area contributed by atoms with Crippen LogP contribution in [0.2, 0.25) is 0 Å². The quantitative estimate of drug-likeness (QED) is 0.774. The van der Waals surface area contributed by atoms with Gasteiger partial charge in [0.1, 0.15) is 0 Å². The summed E-state index contributed by atoms with van der Waals surface area (Å²) in [7, 11) is 0. The first-order chi connectivity index (χ1) is 7.60. The number of aryl methyl sites for hydroxylation is 1. The standard InChI is InChI=1S/C14H21NO/c1-4-11-5-6-12(10(2)3)13(9-11)14(16)7-8-15/h5-6,9-10H,4,7-8,15H2,1-3H3. The predicted molar refractivity (Wildman–Crippen MR) is 67.9 cm³/mol. The maximum atomic E-state index is 12.0.